The number of anilines is 1. The van der Waals surface area contributed by atoms with Crippen LogP contribution in [0.3, 0.4) is 0 Å². The first kappa shape index (κ1) is 18.7. The Morgan fingerprint density at radius 3 is 2.41 bits per heavy atom. The second-order valence-electron chi connectivity index (χ2n) is 6.98. The van der Waals surface area contributed by atoms with E-state index in [0.717, 1.165) is 11.1 Å². The Labute approximate surface area is 170 Å². The summed E-state index contributed by atoms with van der Waals surface area (Å²) in [4.78, 5) is 26.9. The molecule has 144 valence electrons. The first-order valence-corrected chi connectivity index (χ1v) is 9.51. The number of amides is 1. The van der Waals surface area contributed by atoms with Crippen molar-refractivity contribution in [3.8, 4) is 5.75 Å². The highest BCUT2D eigenvalue weighted by atomic mass is 16.5. The molecule has 1 amide bonds. The lowest BCUT2D eigenvalue weighted by molar-refractivity contribution is -0.125. The number of hydrogen-bond donors (Lipinski definition) is 0. The molecular weight excluding hydrogens is 362 g/mol. The Kier molecular flexibility index (Phi) is 5.25. The topological polar surface area (TPSA) is 46.6 Å². The number of carbonyl (C=O) groups excluding carboxylic acids is 2. The van der Waals surface area contributed by atoms with Gasteiger partial charge in [0, 0.05) is 19.0 Å². The third kappa shape index (κ3) is 4.11. The number of ether oxygens (including phenoxy) is 1. The first-order valence-electron chi connectivity index (χ1n) is 9.51. The van der Waals surface area contributed by atoms with Crippen molar-refractivity contribution in [3.05, 3.63) is 102 Å². The number of nitrogens with zero attached hydrogens (tertiary/aromatic N) is 1. The highest BCUT2D eigenvalue weighted by molar-refractivity contribution is 6.08. The Balaban J connectivity index is 1.56. The fraction of sp³-hybridized carbons (Fsp3) is 0.120. The minimum atomic E-state index is -0.611. The van der Waals surface area contributed by atoms with Crippen LogP contribution in [0.4, 0.5) is 5.69 Å². The summed E-state index contributed by atoms with van der Waals surface area (Å²) in [5, 5.41) is 0. The normalized spacial score (nSPS) is 15.8. The van der Waals surface area contributed by atoms with E-state index in [2.05, 4.69) is 0 Å². The Hall–Kier alpha value is -3.66. The monoisotopic (exact) mass is 383 g/mol. The van der Waals surface area contributed by atoms with E-state index in [0.29, 0.717) is 23.4 Å². The lowest BCUT2D eigenvalue weighted by Crippen LogP contribution is -2.44. The van der Waals surface area contributed by atoms with Crippen molar-refractivity contribution in [3.63, 3.8) is 0 Å². The predicted octanol–water partition coefficient (Wildman–Crippen LogP) is 4.55. The summed E-state index contributed by atoms with van der Waals surface area (Å²) in [7, 11) is 1.73. The number of hydrogen-bond acceptors (Lipinski definition) is 3. The molecule has 3 aromatic carbocycles. The summed E-state index contributed by atoms with van der Waals surface area (Å²) < 4.78 is 6.00. The van der Waals surface area contributed by atoms with Gasteiger partial charge in [-0.2, -0.15) is 0 Å². The van der Waals surface area contributed by atoms with Crippen molar-refractivity contribution in [2.24, 2.45) is 0 Å². The van der Waals surface area contributed by atoms with Gasteiger partial charge in [-0.1, -0.05) is 66.7 Å². The van der Waals surface area contributed by atoms with Gasteiger partial charge in [-0.15, -0.1) is 0 Å². The molecule has 0 radical (unpaired) electrons. The van der Waals surface area contributed by atoms with Crippen LogP contribution in [0.25, 0.3) is 6.08 Å². The summed E-state index contributed by atoms with van der Waals surface area (Å²) in [5.41, 5.74) is 3.18. The molecule has 0 bridgehead atoms. The summed E-state index contributed by atoms with van der Waals surface area (Å²) in [6, 6.07) is 24.6. The number of fused-ring (bicyclic) bond motifs is 1. The standard InChI is InChI=1S/C25H21NO3/c1-26-21-14-13-20(22(27)15-12-18-8-4-2-5-9-18)17-23(21)29-24(25(26)28)16-19-10-6-3-7-11-19/h2-15,17,24H,16H2,1H3. The molecule has 0 aliphatic carbocycles. The van der Waals surface area contributed by atoms with Gasteiger partial charge in [-0.25, -0.2) is 0 Å². The molecule has 0 saturated carbocycles. The van der Waals surface area contributed by atoms with Gasteiger partial charge >= 0.3 is 0 Å². The average molecular weight is 383 g/mol. The van der Waals surface area contributed by atoms with Gasteiger partial charge in [-0.05, 0) is 35.4 Å². The summed E-state index contributed by atoms with van der Waals surface area (Å²) in [5.74, 6) is 0.343. The van der Waals surface area contributed by atoms with E-state index in [4.69, 9.17) is 4.74 Å². The van der Waals surface area contributed by atoms with E-state index in [-0.39, 0.29) is 11.7 Å². The maximum absolute atomic E-state index is 12.7. The number of likely N-dealkylation sites (N-methyl/N-ethyl adjacent to an activating group) is 1. The Morgan fingerprint density at radius 2 is 1.69 bits per heavy atom. The predicted molar refractivity (Wildman–Crippen MR) is 114 cm³/mol. The van der Waals surface area contributed by atoms with E-state index in [1.54, 1.807) is 42.3 Å². The van der Waals surface area contributed by atoms with Crippen molar-refractivity contribution in [1.82, 2.24) is 0 Å². The highest BCUT2D eigenvalue weighted by Gasteiger charge is 2.32. The first-order chi connectivity index (χ1) is 14.1. The smallest absolute Gasteiger partial charge is 0.268 e. The molecule has 1 unspecified atom stereocenters. The molecule has 4 rings (SSSR count). The fourth-order valence-corrected chi connectivity index (χ4v) is 3.37. The van der Waals surface area contributed by atoms with Crippen molar-refractivity contribution < 1.29 is 14.3 Å². The minimum absolute atomic E-state index is 0.0931. The van der Waals surface area contributed by atoms with Gasteiger partial charge in [-0.3, -0.25) is 9.59 Å². The zero-order valence-electron chi connectivity index (χ0n) is 16.1. The summed E-state index contributed by atoms with van der Waals surface area (Å²) in [6.45, 7) is 0. The summed E-state index contributed by atoms with van der Waals surface area (Å²) >= 11 is 0. The molecule has 4 nitrogen and oxygen atoms in total. The van der Waals surface area contributed by atoms with Gasteiger partial charge in [0.15, 0.2) is 11.9 Å². The molecule has 0 aromatic heterocycles. The zero-order valence-corrected chi connectivity index (χ0v) is 16.1. The third-order valence-electron chi connectivity index (χ3n) is 4.97. The SMILES string of the molecule is CN1C(=O)C(Cc2ccccc2)Oc2cc(C(=O)C=Cc3ccccc3)ccc21. The summed E-state index contributed by atoms with van der Waals surface area (Å²) in [6.07, 6.45) is 3.21. The van der Waals surface area contributed by atoms with Gasteiger partial charge < -0.3 is 9.64 Å². The molecule has 1 aliphatic rings. The molecule has 0 N–H and O–H groups in total. The van der Waals surface area contributed by atoms with E-state index in [1.165, 1.54) is 0 Å². The maximum atomic E-state index is 12.7. The average Bonchev–Trinajstić information content (AvgIpc) is 2.76. The largest absolute Gasteiger partial charge is 0.478 e. The molecule has 1 heterocycles. The number of allylic oxidation sites excluding steroid dienone is 1. The van der Waals surface area contributed by atoms with Crippen LogP contribution in [-0.2, 0) is 11.2 Å². The van der Waals surface area contributed by atoms with Crippen LogP contribution in [0.15, 0.2) is 84.9 Å². The zero-order chi connectivity index (χ0) is 20.2. The van der Waals surface area contributed by atoms with Crippen molar-refractivity contribution in [2.75, 3.05) is 11.9 Å². The highest BCUT2D eigenvalue weighted by Crippen LogP contribution is 2.35. The van der Waals surface area contributed by atoms with Crippen LogP contribution in [0.2, 0.25) is 0 Å². The molecule has 1 aliphatic heterocycles. The number of rotatable bonds is 5. The maximum Gasteiger partial charge on any atom is 0.268 e. The Bertz CT molecular complexity index is 1060. The quantitative estimate of drug-likeness (QED) is 0.480. The molecular formula is C25H21NO3. The van der Waals surface area contributed by atoms with Crippen LogP contribution < -0.4 is 9.64 Å². The van der Waals surface area contributed by atoms with Crippen LogP contribution >= 0.6 is 0 Å². The molecule has 1 atom stereocenters. The van der Waals surface area contributed by atoms with Crippen molar-refractivity contribution in [1.29, 1.82) is 0 Å². The Morgan fingerprint density at radius 1 is 1.00 bits per heavy atom. The molecule has 29 heavy (non-hydrogen) atoms. The van der Waals surface area contributed by atoms with Crippen molar-refractivity contribution >= 4 is 23.5 Å². The second-order valence-corrected chi connectivity index (χ2v) is 6.98. The van der Waals surface area contributed by atoms with E-state index in [9.17, 15) is 9.59 Å². The van der Waals surface area contributed by atoms with Gasteiger partial charge in [0.25, 0.3) is 5.91 Å². The van der Waals surface area contributed by atoms with Gasteiger partial charge in [0.05, 0.1) is 5.69 Å². The van der Waals surface area contributed by atoms with Crippen LogP contribution in [-0.4, -0.2) is 24.8 Å². The van der Waals surface area contributed by atoms with Gasteiger partial charge in [0.2, 0.25) is 0 Å². The third-order valence-corrected chi connectivity index (χ3v) is 4.97. The van der Waals surface area contributed by atoms with E-state index in [1.807, 2.05) is 60.7 Å². The fourth-order valence-electron chi connectivity index (χ4n) is 3.37. The van der Waals surface area contributed by atoms with Crippen LogP contribution in [0, 0.1) is 0 Å². The van der Waals surface area contributed by atoms with E-state index >= 15 is 0 Å². The van der Waals surface area contributed by atoms with E-state index < -0.39 is 6.10 Å². The molecule has 4 heteroatoms. The lowest BCUT2D eigenvalue weighted by atomic mass is 10.0. The minimum Gasteiger partial charge on any atom is -0.478 e. The molecule has 0 saturated heterocycles. The molecule has 3 aromatic rings. The lowest BCUT2D eigenvalue weighted by Gasteiger charge is -2.32. The molecule has 0 fully saturated rings. The van der Waals surface area contributed by atoms with Crippen LogP contribution in [0.1, 0.15) is 21.5 Å². The second kappa shape index (κ2) is 8.15. The molecule has 0 spiro atoms. The van der Waals surface area contributed by atoms with Gasteiger partial charge in [0.1, 0.15) is 5.75 Å². The number of ketones is 1. The number of benzene rings is 3. The number of carbonyl (C=O) groups is 2. The van der Waals surface area contributed by atoms with Crippen LogP contribution in [0.5, 0.6) is 5.75 Å². The van der Waals surface area contributed by atoms with Crippen molar-refractivity contribution in [2.45, 2.75) is 12.5 Å².